The molecule has 4 nitrogen and oxygen atoms in total. The van der Waals surface area contributed by atoms with E-state index in [4.69, 9.17) is 16.7 Å². The summed E-state index contributed by atoms with van der Waals surface area (Å²) in [4.78, 5) is 13.7. The van der Waals surface area contributed by atoms with Gasteiger partial charge in [-0.3, -0.25) is 9.69 Å². The van der Waals surface area contributed by atoms with Gasteiger partial charge in [-0.2, -0.15) is 0 Å². The molecule has 1 heterocycles. The number of likely N-dealkylation sites (tertiary alicyclic amines) is 1. The van der Waals surface area contributed by atoms with Crippen LogP contribution in [0.2, 0.25) is 5.02 Å². The van der Waals surface area contributed by atoms with E-state index in [1.807, 2.05) is 0 Å². The Balaban J connectivity index is 2.31. The first-order valence-corrected chi connectivity index (χ1v) is 7.42. The molecule has 0 aromatic heterocycles. The van der Waals surface area contributed by atoms with Gasteiger partial charge >= 0.3 is 0 Å². The van der Waals surface area contributed by atoms with Gasteiger partial charge in [0.15, 0.2) is 0 Å². The zero-order valence-electron chi connectivity index (χ0n) is 12.1. The Hall–Kier alpha value is -1.17. The summed E-state index contributed by atoms with van der Waals surface area (Å²) >= 11 is 5.74. The third kappa shape index (κ3) is 3.54. The number of rotatable bonds is 4. The third-order valence-electron chi connectivity index (χ3n) is 3.88. The minimum atomic E-state index is -0.542. The fourth-order valence-corrected chi connectivity index (χ4v) is 3.04. The average molecular weight is 315 g/mol. The second-order valence-corrected chi connectivity index (χ2v) is 5.98. The summed E-state index contributed by atoms with van der Waals surface area (Å²) in [5.41, 5.74) is 0.784. The Morgan fingerprint density at radius 1 is 1.57 bits per heavy atom. The molecule has 1 aliphatic heterocycles. The van der Waals surface area contributed by atoms with Crippen LogP contribution in [0.15, 0.2) is 18.2 Å². The summed E-state index contributed by atoms with van der Waals surface area (Å²) in [6, 6.07) is 4.75. The molecule has 2 N–H and O–H groups in total. The molecule has 1 amide bonds. The fourth-order valence-electron chi connectivity index (χ4n) is 2.92. The minimum Gasteiger partial charge on any atom is -0.387 e. The number of carbonyl (C=O) groups excluding carboxylic acids is 1. The molecule has 0 unspecified atom stereocenters. The van der Waals surface area contributed by atoms with Crippen LogP contribution < -0.4 is 5.32 Å². The molecular formula is C15H20ClFN2O2. The van der Waals surface area contributed by atoms with Crippen molar-refractivity contribution < 1.29 is 14.3 Å². The molecule has 116 valence electrons. The molecule has 1 saturated heterocycles. The summed E-state index contributed by atoms with van der Waals surface area (Å²) in [7, 11) is 0. The molecule has 0 saturated carbocycles. The smallest absolute Gasteiger partial charge is 0.245 e. The number of nitrogens with zero attached hydrogens (tertiary/aromatic N) is 1. The summed E-state index contributed by atoms with van der Waals surface area (Å²) in [5.74, 6) is -0.873. The van der Waals surface area contributed by atoms with E-state index < -0.39 is 18.3 Å². The number of benzene rings is 1. The largest absolute Gasteiger partial charge is 0.387 e. The van der Waals surface area contributed by atoms with Gasteiger partial charge in [0.05, 0.1) is 11.1 Å². The quantitative estimate of drug-likeness (QED) is 0.895. The number of carbonyl (C=O) groups is 1. The maximum absolute atomic E-state index is 13.7. The number of aliphatic hydroxyl groups is 1. The van der Waals surface area contributed by atoms with Gasteiger partial charge in [-0.1, -0.05) is 17.7 Å². The first-order valence-electron chi connectivity index (χ1n) is 7.05. The van der Waals surface area contributed by atoms with Gasteiger partial charge in [-0.05, 0) is 38.0 Å². The number of amides is 1. The van der Waals surface area contributed by atoms with Crippen LogP contribution in [-0.4, -0.2) is 41.1 Å². The number of aliphatic hydroxyl groups excluding tert-OH is 1. The molecule has 1 aromatic carbocycles. The predicted octanol–water partition coefficient (Wildman–Crippen LogP) is 2.11. The average Bonchev–Trinajstić information content (AvgIpc) is 2.85. The Labute approximate surface area is 128 Å². The van der Waals surface area contributed by atoms with Crippen molar-refractivity contribution >= 4 is 17.5 Å². The lowest BCUT2D eigenvalue weighted by Gasteiger charge is -2.32. The van der Waals surface area contributed by atoms with Crippen molar-refractivity contribution in [1.82, 2.24) is 10.2 Å². The van der Waals surface area contributed by atoms with E-state index in [1.54, 1.807) is 6.07 Å². The Kier molecular flexibility index (Phi) is 5.19. The van der Waals surface area contributed by atoms with Crippen LogP contribution in [-0.2, 0) is 4.79 Å². The van der Waals surface area contributed by atoms with Crippen molar-refractivity contribution in [3.8, 4) is 0 Å². The van der Waals surface area contributed by atoms with Gasteiger partial charge in [0.25, 0.3) is 0 Å². The van der Waals surface area contributed by atoms with Crippen molar-refractivity contribution in [2.24, 2.45) is 0 Å². The van der Waals surface area contributed by atoms with Gasteiger partial charge in [0, 0.05) is 18.6 Å². The lowest BCUT2D eigenvalue weighted by molar-refractivity contribution is -0.124. The topological polar surface area (TPSA) is 52.6 Å². The maximum atomic E-state index is 13.7. The Bertz CT molecular complexity index is 524. The van der Waals surface area contributed by atoms with Gasteiger partial charge in [-0.25, -0.2) is 4.39 Å². The van der Waals surface area contributed by atoms with E-state index in [1.165, 1.54) is 12.1 Å². The molecule has 0 spiro atoms. The van der Waals surface area contributed by atoms with Crippen molar-refractivity contribution in [1.29, 1.82) is 0 Å². The highest BCUT2D eigenvalue weighted by atomic mass is 35.5. The zero-order valence-corrected chi connectivity index (χ0v) is 12.9. The third-order valence-corrected chi connectivity index (χ3v) is 4.18. The second kappa shape index (κ2) is 6.73. The van der Waals surface area contributed by atoms with E-state index >= 15 is 0 Å². The molecule has 0 aliphatic carbocycles. The molecule has 1 aliphatic rings. The normalized spacial score (nSPS) is 22.8. The molecule has 2 atom stereocenters. The van der Waals surface area contributed by atoms with Crippen molar-refractivity contribution in [3.05, 3.63) is 34.6 Å². The lowest BCUT2D eigenvalue weighted by atomic mass is 9.99. The van der Waals surface area contributed by atoms with Gasteiger partial charge in [0.1, 0.15) is 12.4 Å². The van der Waals surface area contributed by atoms with Crippen LogP contribution in [0, 0.1) is 5.82 Å². The highest BCUT2D eigenvalue weighted by molar-refractivity contribution is 6.30. The SMILES string of the molecule is CC(C)N1CC[C@@H](NC(=O)CO)[C@@H]1c1ccc(Cl)c(F)c1. The minimum absolute atomic E-state index is 0.0868. The van der Waals surface area contributed by atoms with Crippen molar-refractivity contribution in [3.63, 3.8) is 0 Å². The van der Waals surface area contributed by atoms with Crippen LogP contribution >= 0.6 is 11.6 Å². The van der Waals surface area contributed by atoms with Crippen LogP contribution in [0.1, 0.15) is 31.9 Å². The molecule has 1 aromatic rings. The summed E-state index contributed by atoms with van der Waals surface area (Å²) in [5, 5.41) is 11.8. The van der Waals surface area contributed by atoms with E-state index in [2.05, 4.69) is 24.1 Å². The molecule has 1 fully saturated rings. The van der Waals surface area contributed by atoms with Gasteiger partial charge < -0.3 is 10.4 Å². The first kappa shape index (κ1) is 16.2. The highest BCUT2D eigenvalue weighted by Crippen LogP contribution is 2.35. The number of hydrogen-bond acceptors (Lipinski definition) is 3. The molecule has 21 heavy (non-hydrogen) atoms. The number of halogens is 2. The van der Waals surface area contributed by atoms with Gasteiger partial charge in [-0.15, -0.1) is 0 Å². The van der Waals surface area contributed by atoms with E-state index in [0.717, 1.165) is 18.5 Å². The van der Waals surface area contributed by atoms with E-state index in [-0.39, 0.29) is 23.1 Å². The second-order valence-electron chi connectivity index (χ2n) is 5.57. The molecule has 0 radical (unpaired) electrons. The van der Waals surface area contributed by atoms with Crippen molar-refractivity contribution in [2.75, 3.05) is 13.2 Å². The van der Waals surface area contributed by atoms with Crippen LogP contribution in [0.5, 0.6) is 0 Å². The van der Waals surface area contributed by atoms with Gasteiger partial charge in [0.2, 0.25) is 5.91 Å². The predicted molar refractivity (Wildman–Crippen MR) is 79.6 cm³/mol. The highest BCUT2D eigenvalue weighted by Gasteiger charge is 2.37. The summed E-state index contributed by atoms with van der Waals surface area (Å²) < 4.78 is 13.7. The van der Waals surface area contributed by atoms with Crippen LogP contribution in [0.25, 0.3) is 0 Å². The standard InChI is InChI=1S/C15H20ClFN2O2/c1-9(2)19-6-5-13(18-14(21)8-20)15(19)10-3-4-11(16)12(17)7-10/h3-4,7,9,13,15,20H,5-6,8H2,1-2H3,(H,18,21)/t13-,15+/m1/s1. The first-order chi connectivity index (χ1) is 9.93. The fraction of sp³-hybridized carbons (Fsp3) is 0.533. The monoisotopic (exact) mass is 314 g/mol. The Morgan fingerprint density at radius 3 is 2.86 bits per heavy atom. The van der Waals surface area contributed by atoms with E-state index in [9.17, 15) is 9.18 Å². The molecule has 2 rings (SSSR count). The van der Waals surface area contributed by atoms with Crippen LogP contribution in [0.4, 0.5) is 4.39 Å². The zero-order chi connectivity index (χ0) is 15.6. The molecule has 6 heteroatoms. The number of hydrogen-bond donors (Lipinski definition) is 2. The summed E-state index contributed by atoms with van der Waals surface area (Å²) in [6.07, 6.45) is 0.763. The summed E-state index contributed by atoms with van der Waals surface area (Å²) in [6.45, 7) is 4.40. The Morgan fingerprint density at radius 2 is 2.29 bits per heavy atom. The van der Waals surface area contributed by atoms with Crippen LogP contribution in [0.3, 0.4) is 0 Å². The molecular weight excluding hydrogens is 295 g/mol. The van der Waals surface area contributed by atoms with E-state index in [0.29, 0.717) is 0 Å². The lowest BCUT2D eigenvalue weighted by Crippen LogP contribution is -2.42. The molecule has 0 bridgehead atoms. The maximum Gasteiger partial charge on any atom is 0.245 e. The number of nitrogens with one attached hydrogen (secondary N) is 1. The van der Waals surface area contributed by atoms with Crippen molar-refractivity contribution in [2.45, 2.75) is 38.4 Å².